The van der Waals surface area contributed by atoms with Gasteiger partial charge in [-0.2, -0.15) is 0 Å². The fraction of sp³-hybridized carbons (Fsp3) is 0.583. The number of anilines is 1. The van der Waals surface area contributed by atoms with E-state index in [4.69, 9.17) is 0 Å². The first-order valence-corrected chi connectivity index (χ1v) is 6.70. The summed E-state index contributed by atoms with van der Waals surface area (Å²) in [5.74, 6) is 2.12. The van der Waals surface area contributed by atoms with Gasteiger partial charge >= 0.3 is 0 Å². The Labute approximate surface area is 109 Å². The van der Waals surface area contributed by atoms with Crippen LogP contribution in [0.2, 0.25) is 0 Å². The van der Waals surface area contributed by atoms with Gasteiger partial charge in [0.05, 0.1) is 12.4 Å². The van der Waals surface area contributed by atoms with E-state index >= 15 is 0 Å². The molecule has 0 atom stereocenters. The quantitative estimate of drug-likeness (QED) is 0.929. The molecule has 4 nitrogen and oxygen atoms in total. The number of hydrogen-bond donors (Lipinski definition) is 1. The fourth-order valence-electron chi connectivity index (χ4n) is 2.25. The van der Waals surface area contributed by atoms with Crippen LogP contribution in [0.4, 0.5) is 5.82 Å². The van der Waals surface area contributed by atoms with E-state index in [1.165, 1.54) is 12.8 Å². The van der Waals surface area contributed by atoms with E-state index in [1.807, 2.05) is 0 Å². The zero-order valence-electron chi connectivity index (χ0n) is 9.82. The maximum absolute atomic E-state index is 11.7. The van der Waals surface area contributed by atoms with Gasteiger partial charge in [-0.05, 0) is 47.0 Å². The van der Waals surface area contributed by atoms with Crippen LogP contribution in [-0.2, 0) is 4.79 Å². The molecule has 0 aliphatic heterocycles. The number of nitrogens with one attached hydrogen (secondary N) is 1. The maximum Gasteiger partial charge on any atom is 0.225 e. The van der Waals surface area contributed by atoms with Crippen LogP contribution in [0.3, 0.4) is 0 Å². The minimum Gasteiger partial charge on any atom is -0.309 e. The van der Waals surface area contributed by atoms with E-state index < -0.39 is 0 Å². The third-order valence-corrected chi connectivity index (χ3v) is 3.51. The summed E-state index contributed by atoms with van der Waals surface area (Å²) in [5, 5.41) is 2.75. The zero-order chi connectivity index (χ0) is 12.3. The number of hydrogen-bond acceptors (Lipinski definition) is 3. The molecular weight excluding hydrogens is 282 g/mol. The summed E-state index contributed by atoms with van der Waals surface area (Å²) < 4.78 is 0.628. The topological polar surface area (TPSA) is 54.9 Å². The van der Waals surface area contributed by atoms with Gasteiger partial charge in [-0.15, -0.1) is 0 Å². The summed E-state index contributed by atoms with van der Waals surface area (Å²) in [6.07, 6.45) is 7.23. The van der Waals surface area contributed by atoms with Gasteiger partial charge in [0, 0.05) is 6.42 Å². The van der Waals surface area contributed by atoms with E-state index in [-0.39, 0.29) is 5.91 Å². The normalized spacial score (nSPS) is 22.9. The molecule has 92 valence electrons. The van der Waals surface area contributed by atoms with Crippen molar-refractivity contribution in [2.75, 3.05) is 5.32 Å². The molecule has 1 amide bonds. The predicted octanol–water partition coefficient (Wildman–Crippen LogP) is 3.00. The Balaban J connectivity index is 1.73. The first-order chi connectivity index (χ1) is 8.13. The Kier molecular flexibility index (Phi) is 4.10. The fourth-order valence-corrected chi connectivity index (χ4v) is 2.56. The van der Waals surface area contributed by atoms with Gasteiger partial charge in [0.25, 0.3) is 0 Å². The molecule has 1 fully saturated rings. The van der Waals surface area contributed by atoms with Crippen LogP contribution in [0.15, 0.2) is 17.0 Å². The van der Waals surface area contributed by atoms with Gasteiger partial charge in [-0.3, -0.25) is 9.78 Å². The molecule has 1 heterocycles. The smallest absolute Gasteiger partial charge is 0.225 e. The molecule has 1 N–H and O–H groups in total. The van der Waals surface area contributed by atoms with Gasteiger partial charge in [-0.25, -0.2) is 4.98 Å². The van der Waals surface area contributed by atoms with Crippen LogP contribution >= 0.6 is 15.9 Å². The van der Waals surface area contributed by atoms with Crippen LogP contribution in [0.5, 0.6) is 0 Å². The second-order valence-electron chi connectivity index (χ2n) is 4.76. The summed E-state index contributed by atoms with van der Waals surface area (Å²) in [5.41, 5.74) is 0. The monoisotopic (exact) mass is 297 g/mol. The average Bonchev–Trinajstić information content (AvgIpc) is 2.23. The Bertz CT molecular complexity index is 404. The molecule has 0 bridgehead atoms. The highest BCUT2D eigenvalue weighted by Gasteiger charge is 2.25. The minimum atomic E-state index is 0.0250. The average molecular weight is 298 g/mol. The second kappa shape index (κ2) is 5.58. The van der Waals surface area contributed by atoms with Crippen molar-refractivity contribution < 1.29 is 4.79 Å². The summed E-state index contributed by atoms with van der Waals surface area (Å²) in [4.78, 5) is 19.7. The van der Waals surface area contributed by atoms with E-state index in [1.54, 1.807) is 12.4 Å². The van der Waals surface area contributed by atoms with E-state index in [9.17, 15) is 4.79 Å². The molecule has 0 unspecified atom stereocenters. The molecule has 1 aliphatic rings. The number of rotatable bonds is 4. The van der Waals surface area contributed by atoms with Gasteiger partial charge < -0.3 is 5.32 Å². The summed E-state index contributed by atoms with van der Waals surface area (Å²) in [6.45, 7) is 2.26. The standard InChI is InChI=1S/C12H16BrN3O/c1-8-4-9(5-8)2-3-12(17)16-11-7-14-6-10(13)15-11/h6-9H,2-5H2,1H3,(H,15,16,17). The molecule has 1 aliphatic carbocycles. The SMILES string of the molecule is CC1CC(CCC(=O)Nc2cncc(Br)n2)C1. The largest absolute Gasteiger partial charge is 0.309 e. The van der Waals surface area contributed by atoms with E-state index in [0.717, 1.165) is 18.3 Å². The Morgan fingerprint density at radius 1 is 1.53 bits per heavy atom. The maximum atomic E-state index is 11.7. The lowest BCUT2D eigenvalue weighted by molar-refractivity contribution is -0.116. The molecule has 1 aromatic heterocycles. The van der Waals surface area contributed by atoms with Crippen LogP contribution in [0.1, 0.15) is 32.6 Å². The highest BCUT2D eigenvalue weighted by atomic mass is 79.9. The van der Waals surface area contributed by atoms with Crippen molar-refractivity contribution in [2.45, 2.75) is 32.6 Å². The first-order valence-electron chi connectivity index (χ1n) is 5.91. The summed E-state index contributed by atoms with van der Waals surface area (Å²) in [6, 6.07) is 0. The molecule has 0 aromatic carbocycles. The predicted molar refractivity (Wildman–Crippen MR) is 69.5 cm³/mol. The van der Waals surface area contributed by atoms with Crippen molar-refractivity contribution in [1.29, 1.82) is 0 Å². The zero-order valence-corrected chi connectivity index (χ0v) is 11.4. The molecular formula is C12H16BrN3O. The lowest BCUT2D eigenvalue weighted by Crippen LogP contribution is -2.23. The van der Waals surface area contributed by atoms with Crippen molar-refractivity contribution in [3.63, 3.8) is 0 Å². The number of amides is 1. The molecule has 5 heteroatoms. The second-order valence-corrected chi connectivity index (χ2v) is 5.57. The van der Waals surface area contributed by atoms with Gasteiger partial charge in [0.15, 0.2) is 5.82 Å². The lowest BCUT2D eigenvalue weighted by Gasteiger charge is -2.32. The third-order valence-electron chi connectivity index (χ3n) is 3.12. The van der Waals surface area contributed by atoms with Crippen molar-refractivity contribution in [3.05, 3.63) is 17.0 Å². The summed E-state index contributed by atoms with van der Waals surface area (Å²) in [7, 11) is 0. The molecule has 0 saturated heterocycles. The van der Waals surface area contributed by atoms with Crippen LogP contribution in [-0.4, -0.2) is 15.9 Å². The number of carbonyl (C=O) groups is 1. The molecule has 1 saturated carbocycles. The summed E-state index contributed by atoms with van der Waals surface area (Å²) >= 11 is 3.22. The Hall–Kier alpha value is -0.970. The number of nitrogens with zero attached hydrogens (tertiary/aromatic N) is 2. The highest BCUT2D eigenvalue weighted by Crippen LogP contribution is 2.36. The Morgan fingerprint density at radius 2 is 2.29 bits per heavy atom. The van der Waals surface area contributed by atoms with Crippen molar-refractivity contribution in [3.8, 4) is 0 Å². The first kappa shape index (κ1) is 12.5. The number of carbonyl (C=O) groups excluding carboxylic acids is 1. The molecule has 0 spiro atoms. The van der Waals surface area contributed by atoms with Crippen molar-refractivity contribution in [2.24, 2.45) is 11.8 Å². The van der Waals surface area contributed by atoms with Crippen LogP contribution in [0, 0.1) is 11.8 Å². The van der Waals surface area contributed by atoms with E-state index in [0.29, 0.717) is 16.8 Å². The van der Waals surface area contributed by atoms with E-state index in [2.05, 4.69) is 38.1 Å². The van der Waals surface area contributed by atoms with Gasteiger partial charge in [0.1, 0.15) is 4.60 Å². The van der Waals surface area contributed by atoms with Gasteiger partial charge in [0.2, 0.25) is 5.91 Å². The van der Waals surface area contributed by atoms with Crippen LogP contribution < -0.4 is 5.32 Å². The highest BCUT2D eigenvalue weighted by molar-refractivity contribution is 9.10. The number of aromatic nitrogens is 2. The Morgan fingerprint density at radius 3 is 2.94 bits per heavy atom. The van der Waals surface area contributed by atoms with Crippen molar-refractivity contribution >= 4 is 27.7 Å². The van der Waals surface area contributed by atoms with Crippen molar-refractivity contribution in [1.82, 2.24) is 9.97 Å². The number of halogens is 1. The molecule has 1 aromatic rings. The molecule has 17 heavy (non-hydrogen) atoms. The van der Waals surface area contributed by atoms with Crippen LogP contribution in [0.25, 0.3) is 0 Å². The molecule has 0 radical (unpaired) electrons. The van der Waals surface area contributed by atoms with Gasteiger partial charge in [-0.1, -0.05) is 6.92 Å². The molecule has 2 rings (SSSR count). The third kappa shape index (κ3) is 3.77. The minimum absolute atomic E-state index is 0.0250. The lowest BCUT2D eigenvalue weighted by atomic mass is 9.74.